The summed E-state index contributed by atoms with van der Waals surface area (Å²) >= 11 is 1.53. The molecule has 0 aliphatic heterocycles. The topological polar surface area (TPSA) is 20.3 Å². The highest BCUT2D eigenvalue weighted by Gasteiger charge is 2.33. The summed E-state index contributed by atoms with van der Waals surface area (Å²) in [6.45, 7) is 0.468. The summed E-state index contributed by atoms with van der Waals surface area (Å²) < 4.78 is 14.5. The summed E-state index contributed by atoms with van der Waals surface area (Å²) in [5.74, 6) is -0.203. The number of rotatable bonds is 4. The van der Waals surface area contributed by atoms with Crippen molar-refractivity contribution < 1.29 is 9.18 Å². The van der Waals surface area contributed by atoms with Gasteiger partial charge in [-0.1, -0.05) is 30.3 Å². The maximum atomic E-state index is 13.4. The first-order valence-corrected chi connectivity index (χ1v) is 8.56. The van der Waals surface area contributed by atoms with Crippen molar-refractivity contribution in [3.63, 3.8) is 0 Å². The molecule has 0 spiro atoms. The van der Waals surface area contributed by atoms with Crippen LogP contribution in [0.5, 0.6) is 0 Å². The Labute approximate surface area is 138 Å². The Morgan fingerprint density at radius 1 is 1.13 bits per heavy atom. The van der Waals surface area contributed by atoms with Crippen LogP contribution in [0.4, 0.5) is 4.39 Å². The van der Waals surface area contributed by atoms with Gasteiger partial charge < -0.3 is 4.90 Å². The Kier molecular flexibility index (Phi) is 3.62. The van der Waals surface area contributed by atoms with Crippen LogP contribution in [0.3, 0.4) is 0 Å². The van der Waals surface area contributed by atoms with Crippen LogP contribution in [0, 0.1) is 5.82 Å². The first-order chi connectivity index (χ1) is 11.2. The van der Waals surface area contributed by atoms with Crippen LogP contribution in [0.25, 0.3) is 10.1 Å². The van der Waals surface area contributed by atoms with Crippen molar-refractivity contribution in [3.8, 4) is 0 Å². The van der Waals surface area contributed by atoms with Gasteiger partial charge >= 0.3 is 0 Å². The lowest BCUT2D eigenvalue weighted by atomic mass is 10.2. The van der Waals surface area contributed by atoms with E-state index >= 15 is 0 Å². The number of thiophene rings is 1. The largest absolute Gasteiger partial charge is 0.331 e. The standard InChI is InChI=1S/C19H16FNOS/c20-15-6-3-4-13(10-15)12-21(16-8-9-16)19(22)18-11-14-5-1-2-7-17(14)23-18/h1-7,10-11,16H,8-9,12H2. The Morgan fingerprint density at radius 3 is 2.70 bits per heavy atom. The van der Waals surface area contributed by atoms with Gasteiger partial charge in [-0.25, -0.2) is 4.39 Å². The molecule has 4 rings (SSSR count). The predicted octanol–water partition coefficient (Wildman–Crippen LogP) is 4.85. The maximum Gasteiger partial charge on any atom is 0.264 e. The smallest absolute Gasteiger partial charge is 0.264 e. The first-order valence-electron chi connectivity index (χ1n) is 7.75. The van der Waals surface area contributed by atoms with E-state index in [2.05, 4.69) is 0 Å². The van der Waals surface area contributed by atoms with Gasteiger partial charge in [0.25, 0.3) is 5.91 Å². The van der Waals surface area contributed by atoms with E-state index in [0.29, 0.717) is 6.54 Å². The summed E-state index contributed by atoms with van der Waals surface area (Å²) in [5.41, 5.74) is 0.839. The van der Waals surface area contributed by atoms with Gasteiger partial charge in [0.15, 0.2) is 0 Å². The van der Waals surface area contributed by atoms with E-state index in [0.717, 1.165) is 33.4 Å². The van der Waals surface area contributed by atoms with Crippen molar-refractivity contribution in [2.45, 2.75) is 25.4 Å². The zero-order chi connectivity index (χ0) is 15.8. The van der Waals surface area contributed by atoms with Gasteiger partial charge in [-0.3, -0.25) is 4.79 Å². The average Bonchev–Trinajstić information content (AvgIpc) is 3.30. The van der Waals surface area contributed by atoms with Gasteiger partial charge in [-0.2, -0.15) is 0 Å². The van der Waals surface area contributed by atoms with Crippen molar-refractivity contribution in [2.24, 2.45) is 0 Å². The number of nitrogens with zero attached hydrogens (tertiary/aromatic N) is 1. The molecular formula is C19H16FNOS. The van der Waals surface area contributed by atoms with E-state index in [9.17, 15) is 9.18 Å². The van der Waals surface area contributed by atoms with Crippen LogP contribution in [-0.2, 0) is 6.54 Å². The molecule has 0 N–H and O–H groups in total. The molecule has 1 heterocycles. The number of benzene rings is 2. The second-order valence-corrected chi connectivity index (χ2v) is 7.03. The van der Waals surface area contributed by atoms with Gasteiger partial charge in [0.05, 0.1) is 4.88 Å². The molecular weight excluding hydrogens is 309 g/mol. The van der Waals surface area contributed by atoms with Crippen LogP contribution < -0.4 is 0 Å². The van der Waals surface area contributed by atoms with Gasteiger partial charge in [0.1, 0.15) is 5.82 Å². The zero-order valence-electron chi connectivity index (χ0n) is 12.5. The number of fused-ring (bicyclic) bond motifs is 1. The van der Waals surface area contributed by atoms with Crippen LogP contribution in [0.2, 0.25) is 0 Å². The molecule has 0 saturated heterocycles. The van der Waals surface area contributed by atoms with Gasteiger partial charge in [0, 0.05) is 17.3 Å². The normalized spacial score (nSPS) is 14.1. The Morgan fingerprint density at radius 2 is 1.96 bits per heavy atom. The molecule has 1 aromatic heterocycles. The highest BCUT2D eigenvalue weighted by Crippen LogP contribution is 2.33. The third kappa shape index (κ3) is 2.99. The molecule has 3 aromatic rings. The van der Waals surface area contributed by atoms with E-state index in [-0.39, 0.29) is 17.8 Å². The second kappa shape index (κ2) is 5.78. The zero-order valence-corrected chi connectivity index (χ0v) is 13.4. The molecule has 116 valence electrons. The summed E-state index contributed by atoms with van der Waals surface area (Å²) in [7, 11) is 0. The minimum atomic E-state index is -0.257. The Hall–Kier alpha value is -2.20. The molecule has 1 aliphatic carbocycles. The monoisotopic (exact) mass is 325 g/mol. The molecule has 0 unspecified atom stereocenters. The minimum absolute atomic E-state index is 0.0537. The molecule has 1 fully saturated rings. The number of carbonyl (C=O) groups excluding carboxylic acids is 1. The van der Waals surface area contributed by atoms with Crippen molar-refractivity contribution in [1.82, 2.24) is 4.90 Å². The highest BCUT2D eigenvalue weighted by atomic mass is 32.1. The van der Waals surface area contributed by atoms with Crippen molar-refractivity contribution >= 4 is 27.3 Å². The second-order valence-electron chi connectivity index (χ2n) is 5.94. The fraction of sp³-hybridized carbons (Fsp3) is 0.211. The van der Waals surface area contributed by atoms with Crippen molar-refractivity contribution in [3.05, 3.63) is 70.9 Å². The van der Waals surface area contributed by atoms with E-state index < -0.39 is 0 Å². The maximum absolute atomic E-state index is 13.4. The molecule has 1 aliphatic rings. The molecule has 4 heteroatoms. The van der Waals surface area contributed by atoms with Crippen LogP contribution in [0.15, 0.2) is 54.6 Å². The molecule has 0 bridgehead atoms. The summed E-state index contributed by atoms with van der Waals surface area (Å²) in [6.07, 6.45) is 2.07. The molecule has 2 aromatic carbocycles. The fourth-order valence-corrected chi connectivity index (χ4v) is 3.83. The number of halogens is 1. The van der Waals surface area contributed by atoms with Crippen molar-refractivity contribution in [2.75, 3.05) is 0 Å². The van der Waals surface area contributed by atoms with Crippen LogP contribution >= 0.6 is 11.3 Å². The molecule has 0 atom stereocenters. The number of hydrogen-bond donors (Lipinski definition) is 0. The number of hydrogen-bond acceptors (Lipinski definition) is 2. The lowest BCUT2D eigenvalue weighted by Crippen LogP contribution is -2.32. The van der Waals surface area contributed by atoms with E-state index in [4.69, 9.17) is 0 Å². The minimum Gasteiger partial charge on any atom is -0.331 e. The van der Waals surface area contributed by atoms with Crippen LogP contribution in [-0.4, -0.2) is 16.8 Å². The van der Waals surface area contributed by atoms with E-state index in [1.165, 1.54) is 23.5 Å². The molecule has 2 nitrogen and oxygen atoms in total. The summed E-state index contributed by atoms with van der Waals surface area (Å²) in [4.78, 5) is 15.6. The molecule has 23 heavy (non-hydrogen) atoms. The van der Waals surface area contributed by atoms with Gasteiger partial charge in [-0.05, 0) is 48.1 Å². The van der Waals surface area contributed by atoms with E-state index in [1.54, 1.807) is 6.07 Å². The highest BCUT2D eigenvalue weighted by molar-refractivity contribution is 7.20. The number of carbonyl (C=O) groups is 1. The quantitative estimate of drug-likeness (QED) is 0.672. The summed E-state index contributed by atoms with van der Waals surface area (Å²) in [5, 5.41) is 1.10. The fourth-order valence-electron chi connectivity index (χ4n) is 2.81. The number of amides is 1. The van der Waals surface area contributed by atoms with Gasteiger partial charge in [-0.15, -0.1) is 11.3 Å². The molecule has 1 amide bonds. The Balaban J connectivity index is 1.63. The summed E-state index contributed by atoms with van der Waals surface area (Å²) in [6, 6.07) is 16.8. The molecule has 0 radical (unpaired) electrons. The van der Waals surface area contributed by atoms with Gasteiger partial charge in [0.2, 0.25) is 0 Å². The average molecular weight is 325 g/mol. The van der Waals surface area contributed by atoms with Crippen molar-refractivity contribution in [1.29, 1.82) is 0 Å². The Bertz CT molecular complexity index is 835. The lowest BCUT2D eigenvalue weighted by molar-refractivity contribution is 0.0735. The third-order valence-electron chi connectivity index (χ3n) is 4.13. The lowest BCUT2D eigenvalue weighted by Gasteiger charge is -2.22. The third-order valence-corrected chi connectivity index (χ3v) is 5.23. The predicted molar refractivity (Wildman–Crippen MR) is 91.1 cm³/mol. The first kappa shape index (κ1) is 14.4. The van der Waals surface area contributed by atoms with E-state index in [1.807, 2.05) is 41.3 Å². The molecule has 1 saturated carbocycles. The SMILES string of the molecule is O=C(c1cc2ccccc2s1)N(Cc1cccc(F)c1)C1CC1. The van der Waals surface area contributed by atoms with Crippen LogP contribution in [0.1, 0.15) is 28.1 Å².